The maximum absolute atomic E-state index is 11.4. The van der Waals surface area contributed by atoms with Gasteiger partial charge in [-0.3, -0.25) is 0 Å². The molecule has 3 N–H and O–H groups in total. The predicted molar refractivity (Wildman–Crippen MR) is 65.7 cm³/mol. The molecule has 0 spiro atoms. The lowest BCUT2D eigenvalue weighted by molar-refractivity contribution is 0.0602. The molecule has 2 aromatic rings. The number of aromatic nitrogens is 2. The lowest BCUT2D eigenvalue weighted by atomic mass is 10.2. The van der Waals surface area contributed by atoms with Gasteiger partial charge in [0.1, 0.15) is 17.1 Å². The minimum atomic E-state index is -0.532. The summed E-state index contributed by atoms with van der Waals surface area (Å²) >= 11 is 0. The van der Waals surface area contributed by atoms with Gasteiger partial charge in [0.05, 0.1) is 19.0 Å². The Bertz CT molecular complexity index is 605. The Hall–Kier alpha value is -2.50. The van der Waals surface area contributed by atoms with Crippen molar-refractivity contribution in [3.63, 3.8) is 0 Å². The zero-order valence-corrected chi connectivity index (χ0v) is 10.0. The van der Waals surface area contributed by atoms with E-state index in [1.165, 1.54) is 24.1 Å². The number of benzene rings is 1. The Balaban J connectivity index is 2.52. The number of nitrogen functional groups attached to an aromatic ring is 1. The number of carbonyl (C=O) groups is 1. The number of phenols is 1. The van der Waals surface area contributed by atoms with Crippen LogP contribution in [0.2, 0.25) is 0 Å². The van der Waals surface area contributed by atoms with Crippen LogP contribution in [-0.4, -0.2) is 28.0 Å². The van der Waals surface area contributed by atoms with Gasteiger partial charge >= 0.3 is 5.97 Å². The third kappa shape index (κ3) is 1.88. The van der Waals surface area contributed by atoms with Crippen molar-refractivity contribution in [2.45, 2.75) is 6.92 Å². The molecule has 0 aliphatic carbocycles. The number of esters is 1. The van der Waals surface area contributed by atoms with Gasteiger partial charge in [-0.2, -0.15) is 5.10 Å². The molecule has 0 radical (unpaired) electrons. The van der Waals surface area contributed by atoms with Crippen molar-refractivity contribution in [2.75, 3.05) is 12.8 Å². The quantitative estimate of drug-likeness (QED) is 0.779. The molecule has 18 heavy (non-hydrogen) atoms. The lowest BCUT2D eigenvalue weighted by Crippen LogP contribution is -2.08. The van der Waals surface area contributed by atoms with E-state index in [0.717, 1.165) is 5.56 Å². The van der Waals surface area contributed by atoms with Gasteiger partial charge in [-0.25, -0.2) is 9.48 Å². The smallest absolute Gasteiger partial charge is 0.343 e. The third-order valence-electron chi connectivity index (χ3n) is 2.62. The summed E-state index contributed by atoms with van der Waals surface area (Å²) in [5.74, 6) is -0.166. The summed E-state index contributed by atoms with van der Waals surface area (Å²) in [6.45, 7) is 1.81. The Morgan fingerprint density at radius 1 is 1.50 bits per heavy atom. The van der Waals surface area contributed by atoms with Crippen molar-refractivity contribution in [3.8, 4) is 11.4 Å². The van der Waals surface area contributed by atoms with E-state index in [-0.39, 0.29) is 17.1 Å². The summed E-state index contributed by atoms with van der Waals surface area (Å²) < 4.78 is 6.03. The fraction of sp³-hybridized carbons (Fsp3) is 0.167. The fourth-order valence-corrected chi connectivity index (χ4v) is 1.69. The Morgan fingerprint density at radius 2 is 2.22 bits per heavy atom. The lowest BCUT2D eigenvalue weighted by Gasteiger charge is -2.08. The van der Waals surface area contributed by atoms with Crippen LogP contribution in [0.1, 0.15) is 15.9 Å². The minimum Gasteiger partial charge on any atom is -0.508 e. The van der Waals surface area contributed by atoms with Crippen LogP contribution >= 0.6 is 0 Å². The number of methoxy groups -OCH3 is 1. The zero-order chi connectivity index (χ0) is 13.3. The number of aromatic hydroxyl groups is 1. The first kappa shape index (κ1) is 12.0. The molecule has 1 heterocycles. The monoisotopic (exact) mass is 247 g/mol. The fourth-order valence-electron chi connectivity index (χ4n) is 1.69. The van der Waals surface area contributed by atoms with Gasteiger partial charge < -0.3 is 15.6 Å². The number of hydrogen-bond donors (Lipinski definition) is 2. The van der Waals surface area contributed by atoms with Gasteiger partial charge in [-0.05, 0) is 30.7 Å². The highest BCUT2D eigenvalue weighted by Gasteiger charge is 2.17. The predicted octanol–water partition coefficient (Wildman–Crippen LogP) is 1.26. The average molecular weight is 247 g/mol. The largest absolute Gasteiger partial charge is 0.508 e. The normalized spacial score (nSPS) is 10.3. The summed E-state index contributed by atoms with van der Waals surface area (Å²) in [7, 11) is 1.28. The van der Waals surface area contributed by atoms with Gasteiger partial charge in [0.2, 0.25) is 0 Å². The van der Waals surface area contributed by atoms with Crippen LogP contribution in [-0.2, 0) is 4.74 Å². The SMILES string of the molecule is COC(=O)c1cnn(-c2ccc(O)cc2C)c1N. The number of carbonyl (C=O) groups excluding carboxylic acids is 1. The third-order valence-corrected chi connectivity index (χ3v) is 2.62. The maximum atomic E-state index is 11.4. The standard InChI is InChI=1S/C12H13N3O3/c1-7-5-8(16)3-4-10(7)15-11(13)9(6-14-15)12(17)18-2/h3-6,16H,13H2,1-2H3. The summed E-state index contributed by atoms with van der Waals surface area (Å²) in [4.78, 5) is 11.4. The molecule has 0 atom stereocenters. The van der Waals surface area contributed by atoms with E-state index in [2.05, 4.69) is 9.84 Å². The van der Waals surface area contributed by atoms with E-state index in [9.17, 15) is 9.90 Å². The molecule has 0 fully saturated rings. The van der Waals surface area contributed by atoms with Crippen molar-refractivity contribution >= 4 is 11.8 Å². The second kappa shape index (κ2) is 4.40. The maximum Gasteiger partial charge on any atom is 0.343 e. The van der Waals surface area contributed by atoms with Crippen molar-refractivity contribution in [1.82, 2.24) is 9.78 Å². The molecule has 0 saturated heterocycles. The molecule has 6 heteroatoms. The molecule has 0 aliphatic heterocycles. The molecule has 1 aromatic heterocycles. The Morgan fingerprint density at radius 3 is 2.83 bits per heavy atom. The second-order valence-electron chi connectivity index (χ2n) is 3.82. The van der Waals surface area contributed by atoms with E-state index < -0.39 is 5.97 Å². The number of aryl methyl sites for hydroxylation is 1. The van der Waals surface area contributed by atoms with E-state index in [1.807, 2.05) is 6.92 Å². The molecule has 2 rings (SSSR count). The molecule has 6 nitrogen and oxygen atoms in total. The van der Waals surface area contributed by atoms with Crippen LogP contribution in [0.25, 0.3) is 5.69 Å². The topological polar surface area (TPSA) is 90.4 Å². The molecular weight excluding hydrogens is 234 g/mol. The molecule has 0 amide bonds. The minimum absolute atomic E-state index is 0.162. The molecule has 1 aromatic carbocycles. The zero-order valence-electron chi connectivity index (χ0n) is 10.0. The number of phenolic OH excluding ortho intramolecular Hbond substituents is 1. The van der Waals surface area contributed by atoms with Crippen molar-refractivity contribution < 1.29 is 14.6 Å². The summed E-state index contributed by atoms with van der Waals surface area (Å²) in [6.07, 6.45) is 1.35. The van der Waals surface area contributed by atoms with Crippen LogP contribution in [0.5, 0.6) is 5.75 Å². The number of rotatable bonds is 2. The number of nitrogens with zero attached hydrogens (tertiary/aromatic N) is 2. The highest BCUT2D eigenvalue weighted by molar-refractivity contribution is 5.94. The first-order valence-electron chi connectivity index (χ1n) is 5.26. The number of ether oxygens (including phenoxy) is 1. The van der Waals surface area contributed by atoms with Crippen molar-refractivity contribution in [2.24, 2.45) is 0 Å². The Kier molecular flexibility index (Phi) is 2.93. The van der Waals surface area contributed by atoms with E-state index in [4.69, 9.17) is 5.73 Å². The van der Waals surface area contributed by atoms with Gasteiger partial charge in [-0.15, -0.1) is 0 Å². The summed E-state index contributed by atoms with van der Waals surface area (Å²) in [6, 6.07) is 4.80. The molecule has 0 bridgehead atoms. The van der Waals surface area contributed by atoms with Crippen LogP contribution in [0, 0.1) is 6.92 Å². The van der Waals surface area contributed by atoms with Crippen LogP contribution < -0.4 is 5.73 Å². The van der Waals surface area contributed by atoms with E-state index in [0.29, 0.717) is 5.69 Å². The molecular formula is C12H13N3O3. The number of nitrogens with two attached hydrogens (primary N) is 1. The van der Waals surface area contributed by atoms with Gasteiger partial charge in [0.15, 0.2) is 0 Å². The number of hydrogen-bond acceptors (Lipinski definition) is 5. The summed E-state index contributed by atoms with van der Waals surface area (Å²) in [5.41, 5.74) is 7.56. The van der Waals surface area contributed by atoms with E-state index in [1.54, 1.807) is 12.1 Å². The Labute approximate surface area is 104 Å². The van der Waals surface area contributed by atoms with Crippen LogP contribution in [0.3, 0.4) is 0 Å². The first-order valence-corrected chi connectivity index (χ1v) is 5.26. The highest BCUT2D eigenvalue weighted by atomic mass is 16.5. The van der Waals surface area contributed by atoms with Gasteiger partial charge in [0.25, 0.3) is 0 Å². The molecule has 0 aliphatic rings. The summed E-state index contributed by atoms with van der Waals surface area (Å²) in [5, 5.41) is 13.4. The van der Waals surface area contributed by atoms with Gasteiger partial charge in [0, 0.05) is 0 Å². The molecule has 0 saturated carbocycles. The number of anilines is 1. The van der Waals surface area contributed by atoms with Crippen molar-refractivity contribution in [3.05, 3.63) is 35.5 Å². The van der Waals surface area contributed by atoms with Crippen LogP contribution in [0.4, 0.5) is 5.82 Å². The van der Waals surface area contributed by atoms with Crippen molar-refractivity contribution in [1.29, 1.82) is 0 Å². The average Bonchev–Trinajstić information content (AvgIpc) is 2.70. The van der Waals surface area contributed by atoms with Crippen LogP contribution in [0.15, 0.2) is 24.4 Å². The van der Waals surface area contributed by atoms with Gasteiger partial charge in [-0.1, -0.05) is 0 Å². The molecule has 0 unspecified atom stereocenters. The first-order chi connectivity index (χ1) is 8.54. The highest BCUT2D eigenvalue weighted by Crippen LogP contribution is 2.23. The second-order valence-corrected chi connectivity index (χ2v) is 3.82. The van der Waals surface area contributed by atoms with E-state index >= 15 is 0 Å². The molecule has 94 valence electrons.